The number of piperazine rings is 2. The quantitative estimate of drug-likeness (QED) is 0.511. The molecule has 2 aromatic rings. The third-order valence-corrected chi connectivity index (χ3v) is 8.06. The Morgan fingerprint density at radius 3 is 2.43 bits per heavy atom. The van der Waals surface area contributed by atoms with Gasteiger partial charge in [0.25, 0.3) is 5.91 Å². The van der Waals surface area contributed by atoms with Crippen LogP contribution in [0.4, 0.5) is 19.4 Å². The summed E-state index contributed by atoms with van der Waals surface area (Å²) in [5, 5.41) is -0.129. The molecule has 0 N–H and O–H groups in total. The van der Waals surface area contributed by atoms with E-state index in [4.69, 9.17) is 30.8 Å². The van der Waals surface area contributed by atoms with Gasteiger partial charge in [0.2, 0.25) is 0 Å². The van der Waals surface area contributed by atoms with E-state index in [0.29, 0.717) is 19.6 Å². The van der Waals surface area contributed by atoms with Crippen molar-refractivity contribution in [2.45, 2.75) is 45.4 Å². The average Bonchev–Trinajstić information content (AvgIpc) is 3.06. The highest BCUT2D eigenvalue weighted by Crippen LogP contribution is 2.47. The minimum absolute atomic E-state index is 0.0156. The number of hydrogen-bond donors (Lipinski definition) is 0. The number of aromatic nitrogens is 1. The van der Waals surface area contributed by atoms with Gasteiger partial charge in [0.05, 0.1) is 18.7 Å². The molecule has 2 amide bonds. The van der Waals surface area contributed by atoms with Crippen molar-refractivity contribution < 1.29 is 32.6 Å². The van der Waals surface area contributed by atoms with Gasteiger partial charge in [-0.1, -0.05) is 11.6 Å². The molecule has 0 aliphatic carbocycles. The first-order valence-corrected chi connectivity index (χ1v) is 14.3. The van der Waals surface area contributed by atoms with Crippen LogP contribution in [0, 0.1) is 11.6 Å². The maximum absolute atomic E-state index is 15.3. The molecule has 1 aromatic carbocycles. The van der Waals surface area contributed by atoms with Gasteiger partial charge >= 0.3 is 6.09 Å². The summed E-state index contributed by atoms with van der Waals surface area (Å²) in [5.41, 5.74) is -0.864. The third-order valence-electron chi connectivity index (χ3n) is 7.71. The Morgan fingerprint density at radius 1 is 1.07 bits per heavy atom. The molecule has 10 nitrogen and oxygen atoms in total. The highest BCUT2D eigenvalue weighted by Gasteiger charge is 2.42. The standard InChI is InChI=1S/C29H36ClF2N5O5/c1-16-13-34(5)9-11-36(16)26-21-25(22(30)23(33-26)20-18(31)7-8-19(32)24(20)40-6)41-15-17-14-35(10-12-37(17)27(21)38)28(39)42-29(2,3)4/h7-8,16-17H,9-15H2,1-6H3/t16-,17+/m0/s1. The van der Waals surface area contributed by atoms with Crippen molar-refractivity contribution in [1.29, 1.82) is 0 Å². The van der Waals surface area contributed by atoms with Crippen molar-refractivity contribution in [3.8, 4) is 22.8 Å². The summed E-state index contributed by atoms with van der Waals surface area (Å²) < 4.78 is 47.1. The maximum Gasteiger partial charge on any atom is 0.410 e. The molecule has 4 heterocycles. The van der Waals surface area contributed by atoms with Crippen LogP contribution in [0.1, 0.15) is 38.1 Å². The monoisotopic (exact) mass is 607 g/mol. The molecule has 42 heavy (non-hydrogen) atoms. The van der Waals surface area contributed by atoms with Crippen LogP contribution in [-0.4, -0.2) is 109 Å². The summed E-state index contributed by atoms with van der Waals surface area (Å²) in [7, 11) is 3.24. The molecule has 0 spiro atoms. The summed E-state index contributed by atoms with van der Waals surface area (Å²) in [4.78, 5) is 39.2. The van der Waals surface area contributed by atoms with E-state index in [0.717, 1.165) is 12.1 Å². The summed E-state index contributed by atoms with van der Waals surface area (Å²) in [6.45, 7) is 10.0. The number of methoxy groups -OCH3 is 1. The van der Waals surface area contributed by atoms with E-state index >= 15 is 4.39 Å². The zero-order valence-electron chi connectivity index (χ0n) is 24.7. The van der Waals surface area contributed by atoms with Gasteiger partial charge in [-0.15, -0.1) is 0 Å². The van der Waals surface area contributed by atoms with Crippen LogP contribution in [0.2, 0.25) is 5.02 Å². The number of likely N-dealkylation sites (N-methyl/N-ethyl adjacent to an activating group) is 1. The van der Waals surface area contributed by atoms with Crippen LogP contribution < -0.4 is 14.4 Å². The molecule has 228 valence electrons. The smallest absolute Gasteiger partial charge is 0.410 e. The molecule has 3 aliphatic heterocycles. The molecule has 13 heteroatoms. The van der Waals surface area contributed by atoms with Crippen LogP contribution in [0.3, 0.4) is 0 Å². The molecule has 2 fully saturated rings. The molecule has 1 aromatic heterocycles. The number of ether oxygens (including phenoxy) is 3. The number of rotatable bonds is 3. The van der Waals surface area contributed by atoms with Crippen LogP contribution in [-0.2, 0) is 4.74 Å². The fourth-order valence-corrected chi connectivity index (χ4v) is 6.01. The van der Waals surface area contributed by atoms with Crippen molar-refractivity contribution in [3.63, 3.8) is 0 Å². The van der Waals surface area contributed by atoms with Gasteiger partial charge in [0.15, 0.2) is 17.3 Å². The molecule has 0 radical (unpaired) electrons. The van der Waals surface area contributed by atoms with Gasteiger partial charge in [0, 0.05) is 45.3 Å². The van der Waals surface area contributed by atoms with Gasteiger partial charge in [-0.25, -0.2) is 18.6 Å². The number of halogens is 3. The summed E-state index contributed by atoms with van der Waals surface area (Å²) in [5.74, 6) is -1.97. The molecule has 0 bridgehead atoms. The molecule has 2 saturated heterocycles. The number of fused-ring (bicyclic) bond motifs is 2. The molecule has 2 atom stereocenters. The minimum atomic E-state index is -0.787. The number of anilines is 1. The Kier molecular flexibility index (Phi) is 8.14. The maximum atomic E-state index is 15.3. The number of pyridine rings is 1. The van der Waals surface area contributed by atoms with Crippen molar-refractivity contribution >= 4 is 29.4 Å². The SMILES string of the molecule is COc1c(F)ccc(F)c1-c1nc(N2CCN(C)C[C@@H]2C)c2c(c1Cl)OC[C@H]1CN(C(=O)OC(C)(C)C)CCN1C2=O. The summed E-state index contributed by atoms with van der Waals surface area (Å²) in [6, 6.07) is 1.38. The van der Waals surface area contributed by atoms with Gasteiger partial charge in [-0.3, -0.25) is 4.79 Å². The zero-order valence-corrected chi connectivity index (χ0v) is 25.4. The highest BCUT2D eigenvalue weighted by molar-refractivity contribution is 6.35. The van der Waals surface area contributed by atoms with E-state index in [1.807, 2.05) is 18.9 Å². The van der Waals surface area contributed by atoms with Gasteiger partial charge in [0.1, 0.15) is 40.1 Å². The molecule has 0 unspecified atom stereocenters. The number of benzene rings is 1. The lowest BCUT2D eigenvalue weighted by molar-refractivity contribution is 0.000952. The number of carbonyl (C=O) groups is 2. The van der Waals surface area contributed by atoms with Crippen LogP contribution in [0.25, 0.3) is 11.3 Å². The van der Waals surface area contributed by atoms with Gasteiger partial charge in [-0.05, 0) is 46.9 Å². The molecular formula is C29H36ClF2N5O5. The van der Waals surface area contributed by atoms with Gasteiger partial charge in [-0.2, -0.15) is 0 Å². The van der Waals surface area contributed by atoms with Crippen LogP contribution >= 0.6 is 11.6 Å². The molecular weight excluding hydrogens is 572 g/mol. The number of carbonyl (C=O) groups excluding carboxylic acids is 2. The Labute approximate surface area is 249 Å². The first-order valence-electron chi connectivity index (χ1n) is 13.9. The Balaban J connectivity index is 1.62. The van der Waals surface area contributed by atoms with Crippen molar-refractivity contribution in [1.82, 2.24) is 19.7 Å². The van der Waals surface area contributed by atoms with E-state index in [9.17, 15) is 14.0 Å². The van der Waals surface area contributed by atoms with E-state index in [1.165, 1.54) is 7.11 Å². The fraction of sp³-hybridized carbons (Fsp3) is 0.552. The Bertz CT molecular complexity index is 1400. The van der Waals surface area contributed by atoms with Crippen molar-refractivity contribution in [2.24, 2.45) is 0 Å². The Hall–Kier alpha value is -3.38. The number of amides is 2. The normalized spacial score (nSPS) is 21.4. The first-order chi connectivity index (χ1) is 19.8. The minimum Gasteiger partial charge on any atom is -0.493 e. The molecule has 5 rings (SSSR count). The second kappa shape index (κ2) is 11.4. The second-order valence-electron chi connectivity index (χ2n) is 11.9. The van der Waals surface area contributed by atoms with Crippen LogP contribution in [0.5, 0.6) is 11.5 Å². The van der Waals surface area contributed by atoms with E-state index in [-0.39, 0.29) is 77.4 Å². The van der Waals surface area contributed by atoms with Gasteiger partial charge < -0.3 is 33.8 Å². The third kappa shape index (κ3) is 5.54. The largest absolute Gasteiger partial charge is 0.493 e. The first kappa shape index (κ1) is 30.1. The lowest BCUT2D eigenvalue weighted by atomic mass is 10.0. The van der Waals surface area contributed by atoms with Crippen molar-refractivity contribution in [2.75, 3.05) is 64.9 Å². The van der Waals surface area contributed by atoms with Crippen molar-refractivity contribution in [3.05, 3.63) is 34.4 Å². The van der Waals surface area contributed by atoms with E-state index in [2.05, 4.69) is 4.90 Å². The summed E-state index contributed by atoms with van der Waals surface area (Å²) >= 11 is 6.86. The predicted octanol–water partition coefficient (Wildman–Crippen LogP) is 4.28. The number of hydrogen-bond acceptors (Lipinski definition) is 8. The lowest BCUT2D eigenvalue weighted by Crippen LogP contribution is -2.58. The lowest BCUT2D eigenvalue weighted by Gasteiger charge is -2.41. The highest BCUT2D eigenvalue weighted by atomic mass is 35.5. The fourth-order valence-electron chi connectivity index (χ4n) is 5.72. The molecule has 0 saturated carbocycles. The topological polar surface area (TPSA) is 87.7 Å². The van der Waals surface area contributed by atoms with E-state index in [1.54, 1.807) is 30.6 Å². The number of nitrogens with zero attached hydrogens (tertiary/aromatic N) is 5. The summed E-state index contributed by atoms with van der Waals surface area (Å²) in [6.07, 6.45) is -0.473. The second-order valence-corrected chi connectivity index (χ2v) is 12.3. The molecule has 3 aliphatic rings. The van der Waals surface area contributed by atoms with Crippen LogP contribution in [0.15, 0.2) is 12.1 Å². The average molecular weight is 608 g/mol. The Morgan fingerprint density at radius 2 is 1.76 bits per heavy atom. The zero-order chi connectivity index (χ0) is 30.5. The predicted molar refractivity (Wildman–Crippen MR) is 154 cm³/mol. The van der Waals surface area contributed by atoms with E-state index < -0.39 is 29.4 Å².